The summed E-state index contributed by atoms with van der Waals surface area (Å²) in [6.45, 7) is 0. The van der Waals surface area contributed by atoms with Crippen molar-refractivity contribution in [1.82, 2.24) is 0 Å². The molecule has 0 atom stereocenters. The Morgan fingerprint density at radius 3 is 0.333 bits per heavy atom. The van der Waals surface area contributed by atoms with Gasteiger partial charge in [0.25, 0.3) is 0 Å². The molecule has 0 saturated heterocycles. The molecule has 0 saturated carbocycles. The molecular formula is C17H19Nb-. The number of hydrogen-bond acceptors (Lipinski definition) is 0. The van der Waals surface area contributed by atoms with Crippen LogP contribution < -0.4 is 0 Å². The second-order valence-electron chi connectivity index (χ2n) is 3.08. The first-order chi connectivity index (χ1) is 8.00. The van der Waals surface area contributed by atoms with Gasteiger partial charge in [0, 0.05) is 22.4 Å². The largest absolute Gasteiger partial charge is 0.358 e. The Kier molecular flexibility index (Phi) is 16.5. The van der Waals surface area contributed by atoms with Crippen molar-refractivity contribution in [1.29, 1.82) is 0 Å². The van der Waals surface area contributed by atoms with Crippen LogP contribution in [0.3, 0.4) is 0 Å². The second-order valence-corrected chi connectivity index (χ2v) is 3.08. The van der Waals surface area contributed by atoms with Gasteiger partial charge in [-0.3, -0.25) is 0 Å². The number of allylic oxidation sites excluding steroid dienone is 16. The molecule has 1 radical (unpaired) electrons. The van der Waals surface area contributed by atoms with Gasteiger partial charge < -0.3 is 7.43 Å². The smallest absolute Gasteiger partial charge is 0 e. The summed E-state index contributed by atoms with van der Waals surface area (Å²) in [5.74, 6) is 0. The summed E-state index contributed by atoms with van der Waals surface area (Å²) in [7, 11) is 0. The fourth-order valence-corrected chi connectivity index (χ4v) is 1.03. The monoisotopic (exact) mass is 316 g/mol. The molecule has 2 rings (SSSR count). The van der Waals surface area contributed by atoms with Crippen LogP contribution in [0, 0.1) is 7.43 Å². The van der Waals surface area contributed by atoms with Gasteiger partial charge in [-0.05, 0) is 0 Å². The van der Waals surface area contributed by atoms with Crippen LogP contribution in [0.5, 0.6) is 0 Å². The van der Waals surface area contributed by atoms with Crippen LogP contribution in [-0.4, -0.2) is 0 Å². The van der Waals surface area contributed by atoms with Crippen LogP contribution in [0.25, 0.3) is 0 Å². The van der Waals surface area contributed by atoms with Crippen LogP contribution in [0.15, 0.2) is 97.2 Å². The van der Waals surface area contributed by atoms with Crippen molar-refractivity contribution in [3.8, 4) is 0 Å². The van der Waals surface area contributed by atoms with E-state index in [1.54, 1.807) is 0 Å². The quantitative estimate of drug-likeness (QED) is 0.440. The van der Waals surface area contributed by atoms with Crippen LogP contribution in [-0.2, 0) is 22.4 Å². The van der Waals surface area contributed by atoms with Gasteiger partial charge in [-0.1, -0.05) is 97.2 Å². The number of hydrogen-bond donors (Lipinski definition) is 0. The Labute approximate surface area is 127 Å². The maximum atomic E-state index is 2.00. The molecule has 0 bridgehead atoms. The SMILES string of the molecule is C1=C/C=C\C=C/C=C1.C1=C/C=C\C=C/C=C1.[CH3-].[Nb]. The molecule has 1 heteroatoms. The first-order valence-electron chi connectivity index (χ1n) is 5.33. The van der Waals surface area contributed by atoms with E-state index in [4.69, 9.17) is 0 Å². The van der Waals surface area contributed by atoms with E-state index < -0.39 is 0 Å². The summed E-state index contributed by atoms with van der Waals surface area (Å²) in [6, 6.07) is 0. The fraction of sp³-hybridized carbons (Fsp3) is 0. The van der Waals surface area contributed by atoms with E-state index in [0.29, 0.717) is 0 Å². The van der Waals surface area contributed by atoms with Crippen molar-refractivity contribution in [2.45, 2.75) is 0 Å². The summed E-state index contributed by atoms with van der Waals surface area (Å²) in [4.78, 5) is 0. The molecular weight excluding hydrogens is 297 g/mol. The molecule has 0 aromatic carbocycles. The Bertz CT molecular complexity index is 247. The van der Waals surface area contributed by atoms with E-state index in [9.17, 15) is 0 Å². The average molecular weight is 316 g/mol. The zero-order valence-corrected chi connectivity index (χ0v) is 12.9. The zero-order chi connectivity index (χ0) is 11.3. The van der Waals surface area contributed by atoms with Crippen LogP contribution >= 0.6 is 0 Å². The van der Waals surface area contributed by atoms with Gasteiger partial charge in [0.2, 0.25) is 0 Å². The Morgan fingerprint density at radius 2 is 0.278 bits per heavy atom. The molecule has 2 aliphatic carbocycles. The minimum atomic E-state index is 0. The van der Waals surface area contributed by atoms with Crippen molar-refractivity contribution < 1.29 is 22.4 Å². The summed E-state index contributed by atoms with van der Waals surface area (Å²) in [5, 5.41) is 0. The predicted octanol–water partition coefficient (Wildman–Crippen LogP) is 4.90. The van der Waals surface area contributed by atoms with Crippen LogP contribution in [0.4, 0.5) is 0 Å². The first kappa shape index (κ1) is 19.0. The first-order valence-corrected chi connectivity index (χ1v) is 5.33. The summed E-state index contributed by atoms with van der Waals surface area (Å²) in [6.07, 6.45) is 32.0. The van der Waals surface area contributed by atoms with Crippen LogP contribution in [0.2, 0.25) is 0 Å². The topological polar surface area (TPSA) is 0 Å². The molecule has 93 valence electrons. The molecule has 0 aromatic rings. The van der Waals surface area contributed by atoms with Gasteiger partial charge >= 0.3 is 0 Å². The molecule has 0 aromatic heterocycles. The zero-order valence-electron chi connectivity index (χ0n) is 10.7. The van der Waals surface area contributed by atoms with E-state index in [2.05, 4.69) is 0 Å². The minimum Gasteiger partial charge on any atom is -0.358 e. The maximum Gasteiger partial charge on any atom is 0 e. The number of rotatable bonds is 0. The van der Waals surface area contributed by atoms with Crippen molar-refractivity contribution in [2.75, 3.05) is 0 Å². The molecule has 2 aliphatic rings. The Hall–Kier alpha value is -1.34. The molecule has 0 fully saturated rings. The van der Waals surface area contributed by atoms with Crippen molar-refractivity contribution in [3.05, 3.63) is 105 Å². The molecule has 0 unspecified atom stereocenters. The summed E-state index contributed by atoms with van der Waals surface area (Å²) < 4.78 is 0. The molecule has 0 N–H and O–H groups in total. The minimum absolute atomic E-state index is 0. The molecule has 0 aliphatic heterocycles. The molecule has 18 heavy (non-hydrogen) atoms. The fourth-order valence-electron chi connectivity index (χ4n) is 1.03. The molecule has 0 amide bonds. The third-order valence-electron chi connectivity index (χ3n) is 1.78. The third kappa shape index (κ3) is 12.7. The normalized spacial score (nSPS) is 21.3. The average Bonchev–Trinajstić information content (AvgIpc) is 2.15. The van der Waals surface area contributed by atoms with E-state index in [-0.39, 0.29) is 29.8 Å². The standard InChI is InChI=1S/2C8H8.CH3.Nb/c2*1-2-4-6-8-7-5-3-1;;/h2*1-8H;1H3;/q;;-1;/b2*2-1-,3-1?,4-2?,5-3-,6-4?,7-5?,8-6?,8-7?;;. The van der Waals surface area contributed by atoms with Crippen molar-refractivity contribution in [2.24, 2.45) is 0 Å². The van der Waals surface area contributed by atoms with Crippen LogP contribution in [0.1, 0.15) is 0 Å². The van der Waals surface area contributed by atoms with Crippen molar-refractivity contribution in [3.63, 3.8) is 0 Å². The van der Waals surface area contributed by atoms with E-state index >= 15 is 0 Å². The summed E-state index contributed by atoms with van der Waals surface area (Å²) in [5.41, 5.74) is 0. The molecule has 0 spiro atoms. The van der Waals surface area contributed by atoms with E-state index in [1.807, 2.05) is 97.2 Å². The van der Waals surface area contributed by atoms with Gasteiger partial charge in [0.15, 0.2) is 0 Å². The van der Waals surface area contributed by atoms with Gasteiger partial charge in [-0.15, -0.1) is 0 Å². The van der Waals surface area contributed by atoms with Crippen molar-refractivity contribution >= 4 is 0 Å². The third-order valence-corrected chi connectivity index (χ3v) is 1.78. The molecule has 0 heterocycles. The van der Waals surface area contributed by atoms with Gasteiger partial charge in [-0.25, -0.2) is 0 Å². The van der Waals surface area contributed by atoms with E-state index in [1.165, 1.54) is 0 Å². The summed E-state index contributed by atoms with van der Waals surface area (Å²) >= 11 is 0. The van der Waals surface area contributed by atoms with E-state index in [0.717, 1.165) is 0 Å². The van der Waals surface area contributed by atoms with Gasteiger partial charge in [0.1, 0.15) is 0 Å². The Morgan fingerprint density at radius 1 is 0.222 bits per heavy atom. The second kappa shape index (κ2) is 15.7. The Balaban J connectivity index is 0. The van der Waals surface area contributed by atoms with Gasteiger partial charge in [0.05, 0.1) is 0 Å². The predicted molar refractivity (Wildman–Crippen MR) is 79.5 cm³/mol. The molecule has 0 nitrogen and oxygen atoms in total. The van der Waals surface area contributed by atoms with Gasteiger partial charge in [-0.2, -0.15) is 0 Å². The maximum absolute atomic E-state index is 2.00.